The number of hydrogen-bond acceptors (Lipinski definition) is 6. The second-order valence-electron chi connectivity index (χ2n) is 8.74. The fourth-order valence-electron chi connectivity index (χ4n) is 4.36. The Morgan fingerprint density at radius 1 is 1.00 bits per heavy atom. The van der Waals surface area contributed by atoms with E-state index in [4.69, 9.17) is 9.47 Å². The minimum atomic E-state index is -0.828. The minimum absolute atomic E-state index is 0.00471. The molecule has 1 unspecified atom stereocenters. The Morgan fingerprint density at radius 3 is 2.44 bits per heavy atom. The lowest BCUT2D eigenvalue weighted by Crippen LogP contribution is -2.31. The molecular weight excluding hydrogens is 458 g/mol. The average molecular weight is 488 g/mol. The number of nitrogens with zero attached hydrogens (tertiary/aromatic N) is 1. The summed E-state index contributed by atoms with van der Waals surface area (Å²) in [7, 11) is 1.56. The van der Waals surface area contributed by atoms with Crippen LogP contribution in [0.25, 0.3) is 5.76 Å². The van der Waals surface area contributed by atoms with E-state index < -0.39 is 17.7 Å². The van der Waals surface area contributed by atoms with Gasteiger partial charge in [0.05, 0.1) is 11.6 Å². The molecule has 2 N–H and O–H groups in total. The van der Waals surface area contributed by atoms with E-state index in [1.165, 1.54) is 17.0 Å². The van der Waals surface area contributed by atoms with E-state index >= 15 is 0 Å². The number of benzene rings is 3. The molecule has 0 bridgehead atoms. The van der Waals surface area contributed by atoms with Gasteiger partial charge < -0.3 is 24.6 Å². The van der Waals surface area contributed by atoms with Crippen molar-refractivity contribution in [2.24, 2.45) is 0 Å². The normalized spacial score (nSPS) is 16.9. The summed E-state index contributed by atoms with van der Waals surface area (Å²) >= 11 is 0. The molecule has 1 aliphatic heterocycles. The molecule has 4 rings (SSSR count). The number of methoxy groups -OCH3 is 1. The first-order valence-corrected chi connectivity index (χ1v) is 11.7. The van der Waals surface area contributed by atoms with Gasteiger partial charge in [-0.3, -0.25) is 9.59 Å². The molecule has 1 saturated heterocycles. The first-order valence-electron chi connectivity index (χ1n) is 11.7. The van der Waals surface area contributed by atoms with Crippen LogP contribution in [0.2, 0.25) is 0 Å². The highest BCUT2D eigenvalue weighted by molar-refractivity contribution is 6.46. The molecule has 1 heterocycles. The van der Waals surface area contributed by atoms with Gasteiger partial charge in [0.15, 0.2) is 0 Å². The van der Waals surface area contributed by atoms with E-state index in [2.05, 4.69) is 0 Å². The molecule has 3 aromatic carbocycles. The van der Waals surface area contributed by atoms with Crippen LogP contribution in [-0.4, -0.2) is 47.1 Å². The van der Waals surface area contributed by atoms with Gasteiger partial charge in [0, 0.05) is 25.8 Å². The number of hydrogen-bond donors (Lipinski definition) is 2. The third-order valence-electron chi connectivity index (χ3n) is 6.09. The molecule has 3 aromatic rings. The number of ether oxygens (including phenoxy) is 2. The predicted molar refractivity (Wildman–Crippen MR) is 136 cm³/mol. The Morgan fingerprint density at radius 2 is 1.75 bits per heavy atom. The molecule has 0 radical (unpaired) electrons. The van der Waals surface area contributed by atoms with Gasteiger partial charge in [0.1, 0.15) is 23.9 Å². The fraction of sp³-hybridized carbons (Fsp3) is 0.241. The summed E-state index contributed by atoms with van der Waals surface area (Å²) in [4.78, 5) is 27.4. The number of ketones is 1. The highest BCUT2D eigenvalue weighted by Crippen LogP contribution is 2.40. The molecular formula is C29H29NO6. The number of rotatable bonds is 9. The maximum Gasteiger partial charge on any atom is 0.295 e. The number of aromatic hydroxyl groups is 1. The zero-order valence-corrected chi connectivity index (χ0v) is 20.3. The largest absolute Gasteiger partial charge is 0.508 e. The number of phenols is 1. The highest BCUT2D eigenvalue weighted by Gasteiger charge is 2.45. The van der Waals surface area contributed by atoms with Gasteiger partial charge in [-0.1, -0.05) is 42.0 Å². The molecule has 1 aliphatic rings. The molecule has 36 heavy (non-hydrogen) atoms. The Balaban J connectivity index is 1.63. The number of carbonyl (C=O) groups excluding carboxylic acids is 2. The van der Waals surface area contributed by atoms with Crippen molar-refractivity contribution in [2.45, 2.75) is 26.0 Å². The Labute approximate surface area is 210 Å². The summed E-state index contributed by atoms with van der Waals surface area (Å²) in [5, 5.41) is 21.2. The molecule has 0 saturated carbocycles. The number of Topliss-reactive ketones (excluding diaryl/α,β-unsaturated/α-hetero) is 1. The molecule has 7 heteroatoms. The summed E-state index contributed by atoms with van der Waals surface area (Å²) in [6.45, 7) is 3.10. The molecule has 1 fully saturated rings. The maximum absolute atomic E-state index is 13.1. The van der Waals surface area contributed by atoms with E-state index in [0.29, 0.717) is 36.5 Å². The number of likely N-dealkylation sites (tertiary alicyclic amines) is 1. The van der Waals surface area contributed by atoms with Crippen LogP contribution in [0.4, 0.5) is 0 Å². The summed E-state index contributed by atoms with van der Waals surface area (Å²) in [5.74, 6) is -1.12. The van der Waals surface area contributed by atoms with Crippen LogP contribution in [0.1, 0.15) is 34.7 Å². The molecule has 0 aromatic heterocycles. The van der Waals surface area contributed by atoms with Gasteiger partial charge in [0.2, 0.25) is 0 Å². The molecule has 7 nitrogen and oxygen atoms in total. The van der Waals surface area contributed by atoms with Gasteiger partial charge in [-0.2, -0.15) is 0 Å². The smallest absolute Gasteiger partial charge is 0.295 e. The van der Waals surface area contributed by atoms with Gasteiger partial charge in [0.25, 0.3) is 11.7 Å². The van der Waals surface area contributed by atoms with Gasteiger partial charge in [-0.05, 0) is 60.9 Å². The van der Waals surface area contributed by atoms with Crippen LogP contribution in [-0.2, 0) is 20.9 Å². The van der Waals surface area contributed by atoms with Crippen LogP contribution in [0, 0.1) is 6.92 Å². The SMILES string of the molecule is COCCCN1C(=O)C(=O)C(=C(O)c2ccc(OCc3cccc(C)c3)cc2)C1c1cccc(O)c1. The molecule has 1 atom stereocenters. The van der Waals surface area contributed by atoms with Crippen molar-refractivity contribution >= 4 is 17.4 Å². The lowest BCUT2D eigenvalue weighted by Gasteiger charge is -2.25. The molecule has 1 amide bonds. The first-order chi connectivity index (χ1) is 17.4. The second-order valence-corrected chi connectivity index (χ2v) is 8.74. The van der Waals surface area contributed by atoms with Crippen LogP contribution < -0.4 is 4.74 Å². The first kappa shape index (κ1) is 25.0. The zero-order chi connectivity index (χ0) is 25.7. The summed E-state index contributed by atoms with van der Waals surface area (Å²) in [5.41, 5.74) is 3.10. The van der Waals surface area contributed by atoms with Crippen molar-refractivity contribution in [3.8, 4) is 11.5 Å². The number of amides is 1. The van der Waals surface area contributed by atoms with E-state index in [-0.39, 0.29) is 23.6 Å². The lowest BCUT2D eigenvalue weighted by molar-refractivity contribution is -0.140. The van der Waals surface area contributed by atoms with Crippen LogP contribution in [0.5, 0.6) is 11.5 Å². The number of aliphatic hydroxyl groups excluding tert-OH is 1. The van der Waals surface area contributed by atoms with E-state index in [9.17, 15) is 19.8 Å². The van der Waals surface area contributed by atoms with E-state index in [0.717, 1.165) is 11.1 Å². The van der Waals surface area contributed by atoms with Gasteiger partial charge in [-0.25, -0.2) is 0 Å². The third-order valence-corrected chi connectivity index (χ3v) is 6.09. The second kappa shape index (κ2) is 11.1. The molecule has 0 aliphatic carbocycles. The van der Waals surface area contributed by atoms with E-state index in [1.807, 2.05) is 31.2 Å². The van der Waals surface area contributed by atoms with Crippen molar-refractivity contribution in [1.29, 1.82) is 0 Å². The standard InChI is InChI=1S/C29H29NO6/c1-19-6-3-7-20(16-19)18-36-24-12-10-21(11-13-24)27(32)25-26(22-8-4-9-23(31)17-22)30(14-5-15-35-2)29(34)28(25)33/h3-4,6-13,16-17,26,31-32H,5,14-15,18H2,1-2H3. The third kappa shape index (κ3) is 5.42. The van der Waals surface area contributed by atoms with Crippen molar-refractivity contribution in [2.75, 3.05) is 20.3 Å². The Bertz CT molecular complexity index is 1280. The van der Waals surface area contributed by atoms with Crippen molar-refractivity contribution in [3.05, 3.63) is 101 Å². The summed E-state index contributed by atoms with van der Waals surface area (Å²) in [6.07, 6.45) is 0.520. The number of aliphatic hydroxyl groups is 1. The van der Waals surface area contributed by atoms with Crippen LogP contribution in [0.3, 0.4) is 0 Å². The van der Waals surface area contributed by atoms with Gasteiger partial charge >= 0.3 is 0 Å². The minimum Gasteiger partial charge on any atom is -0.508 e. The van der Waals surface area contributed by atoms with Crippen LogP contribution in [0.15, 0.2) is 78.4 Å². The summed E-state index contributed by atoms with van der Waals surface area (Å²) < 4.78 is 11.0. The van der Waals surface area contributed by atoms with Crippen LogP contribution >= 0.6 is 0 Å². The fourth-order valence-corrected chi connectivity index (χ4v) is 4.36. The predicted octanol–water partition coefficient (Wildman–Crippen LogP) is 4.74. The lowest BCUT2D eigenvalue weighted by atomic mass is 9.95. The topological polar surface area (TPSA) is 96.3 Å². The highest BCUT2D eigenvalue weighted by atomic mass is 16.5. The Hall–Kier alpha value is -4.10. The van der Waals surface area contributed by atoms with E-state index in [1.54, 1.807) is 43.5 Å². The molecule has 0 spiro atoms. The number of carbonyl (C=O) groups is 2. The number of phenolic OH excluding ortho intramolecular Hbond substituents is 1. The Kier molecular flexibility index (Phi) is 7.71. The summed E-state index contributed by atoms with van der Waals surface area (Å²) in [6, 6.07) is 20.3. The number of aryl methyl sites for hydroxylation is 1. The quantitative estimate of drug-likeness (QED) is 0.196. The van der Waals surface area contributed by atoms with Crippen molar-refractivity contribution < 1.29 is 29.3 Å². The average Bonchev–Trinajstić information content (AvgIpc) is 3.13. The monoisotopic (exact) mass is 487 g/mol. The van der Waals surface area contributed by atoms with Crippen molar-refractivity contribution in [1.82, 2.24) is 4.90 Å². The van der Waals surface area contributed by atoms with Gasteiger partial charge in [-0.15, -0.1) is 0 Å². The maximum atomic E-state index is 13.1. The van der Waals surface area contributed by atoms with Crippen molar-refractivity contribution in [3.63, 3.8) is 0 Å². The molecule has 186 valence electrons. The zero-order valence-electron chi connectivity index (χ0n) is 20.3.